The second-order valence-corrected chi connectivity index (χ2v) is 3.87. The molecule has 1 N–H and O–H groups in total. The largest absolute Gasteiger partial charge is 0.396 e. The molecule has 72 valence electrons. The van der Waals surface area contributed by atoms with Crippen LogP contribution in [-0.4, -0.2) is 11.7 Å². The molecule has 1 aromatic rings. The third kappa shape index (κ3) is 2.78. The maximum Gasteiger partial charge on any atom is 0.126 e. The fourth-order valence-corrected chi connectivity index (χ4v) is 1.54. The van der Waals surface area contributed by atoms with E-state index in [-0.39, 0.29) is 12.4 Å². The van der Waals surface area contributed by atoms with Crippen molar-refractivity contribution in [1.29, 1.82) is 0 Å². The Kier molecular flexibility index (Phi) is 3.88. The first-order valence-corrected chi connectivity index (χ1v) is 5.00. The summed E-state index contributed by atoms with van der Waals surface area (Å²) in [5.74, 6) is -0.186. The van der Waals surface area contributed by atoms with E-state index in [9.17, 15) is 4.39 Å². The quantitative estimate of drug-likeness (QED) is 0.870. The highest BCUT2D eigenvalue weighted by Gasteiger charge is 2.04. The SMILES string of the molecule is Cc1cc(F)c(CCCO)cc1Br. The summed E-state index contributed by atoms with van der Waals surface area (Å²) in [4.78, 5) is 0. The Hall–Kier alpha value is -0.410. The zero-order valence-corrected chi connectivity index (χ0v) is 9.07. The highest BCUT2D eigenvalue weighted by molar-refractivity contribution is 9.10. The number of rotatable bonds is 3. The molecule has 0 bridgehead atoms. The summed E-state index contributed by atoms with van der Waals surface area (Å²) in [6, 6.07) is 3.29. The van der Waals surface area contributed by atoms with E-state index in [1.165, 1.54) is 6.07 Å². The van der Waals surface area contributed by atoms with E-state index in [0.717, 1.165) is 10.0 Å². The molecule has 0 radical (unpaired) electrons. The molecule has 0 unspecified atom stereocenters. The summed E-state index contributed by atoms with van der Waals surface area (Å²) >= 11 is 3.34. The van der Waals surface area contributed by atoms with Gasteiger partial charge in [-0.3, -0.25) is 0 Å². The van der Waals surface area contributed by atoms with Gasteiger partial charge in [0.25, 0.3) is 0 Å². The van der Waals surface area contributed by atoms with E-state index in [4.69, 9.17) is 5.11 Å². The van der Waals surface area contributed by atoms with Crippen molar-refractivity contribution in [3.8, 4) is 0 Å². The van der Waals surface area contributed by atoms with Gasteiger partial charge >= 0.3 is 0 Å². The molecule has 13 heavy (non-hydrogen) atoms. The van der Waals surface area contributed by atoms with Gasteiger partial charge in [-0.15, -0.1) is 0 Å². The molecule has 1 rings (SSSR count). The Morgan fingerprint density at radius 3 is 2.77 bits per heavy atom. The first-order valence-electron chi connectivity index (χ1n) is 4.20. The number of hydrogen-bond acceptors (Lipinski definition) is 1. The molecule has 1 nitrogen and oxygen atoms in total. The van der Waals surface area contributed by atoms with Crippen LogP contribution in [0, 0.1) is 12.7 Å². The Balaban J connectivity index is 2.88. The molecular formula is C10H12BrFO. The standard InChI is InChI=1S/C10H12BrFO/c1-7-5-10(12)8(3-2-4-13)6-9(7)11/h5-6,13H,2-4H2,1H3. The van der Waals surface area contributed by atoms with Crippen LogP contribution in [-0.2, 0) is 6.42 Å². The summed E-state index contributed by atoms with van der Waals surface area (Å²) in [7, 11) is 0. The zero-order valence-electron chi connectivity index (χ0n) is 7.48. The lowest BCUT2D eigenvalue weighted by Crippen LogP contribution is -1.94. The molecule has 0 amide bonds. The fraction of sp³-hybridized carbons (Fsp3) is 0.400. The van der Waals surface area contributed by atoms with Crippen LogP contribution in [0.4, 0.5) is 4.39 Å². The van der Waals surface area contributed by atoms with Gasteiger partial charge in [0.2, 0.25) is 0 Å². The lowest BCUT2D eigenvalue weighted by Gasteiger charge is -2.05. The van der Waals surface area contributed by atoms with E-state index < -0.39 is 0 Å². The molecule has 0 fully saturated rings. The molecule has 1 aromatic carbocycles. The molecule has 0 aromatic heterocycles. The van der Waals surface area contributed by atoms with Crippen molar-refractivity contribution in [2.75, 3.05) is 6.61 Å². The van der Waals surface area contributed by atoms with Gasteiger partial charge < -0.3 is 5.11 Å². The summed E-state index contributed by atoms with van der Waals surface area (Å²) in [6.07, 6.45) is 1.19. The van der Waals surface area contributed by atoms with E-state index in [2.05, 4.69) is 15.9 Å². The van der Waals surface area contributed by atoms with Crippen LogP contribution >= 0.6 is 15.9 Å². The number of aliphatic hydroxyl groups is 1. The minimum Gasteiger partial charge on any atom is -0.396 e. The van der Waals surface area contributed by atoms with Crippen molar-refractivity contribution in [1.82, 2.24) is 0 Å². The summed E-state index contributed by atoms with van der Waals surface area (Å²) in [5, 5.41) is 8.61. The van der Waals surface area contributed by atoms with Gasteiger partial charge in [0.05, 0.1) is 0 Å². The van der Waals surface area contributed by atoms with Crippen molar-refractivity contribution < 1.29 is 9.50 Å². The second kappa shape index (κ2) is 4.72. The number of hydrogen-bond donors (Lipinski definition) is 1. The predicted molar refractivity (Wildman–Crippen MR) is 54.2 cm³/mol. The molecule has 0 saturated carbocycles. The Labute approximate surface area is 85.7 Å². The van der Waals surface area contributed by atoms with Gasteiger partial charge in [-0.25, -0.2) is 4.39 Å². The normalized spacial score (nSPS) is 10.5. The number of aryl methyl sites for hydroxylation is 2. The first kappa shape index (κ1) is 10.7. The Morgan fingerprint density at radius 2 is 2.15 bits per heavy atom. The van der Waals surface area contributed by atoms with Crippen molar-refractivity contribution in [2.45, 2.75) is 19.8 Å². The van der Waals surface area contributed by atoms with Crippen molar-refractivity contribution in [3.63, 3.8) is 0 Å². The number of benzene rings is 1. The maximum absolute atomic E-state index is 13.3. The lowest BCUT2D eigenvalue weighted by atomic mass is 10.1. The van der Waals surface area contributed by atoms with Crippen molar-refractivity contribution in [3.05, 3.63) is 33.5 Å². The number of aliphatic hydroxyl groups excluding tert-OH is 1. The second-order valence-electron chi connectivity index (χ2n) is 3.02. The molecule has 0 spiro atoms. The van der Waals surface area contributed by atoms with Crippen LogP contribution in [0.1, 0.15) is 17.5 Å². The van der Waals surface area contributed by atoms with E-state index >= 15 is 0 Å². The van der Waals surface area contributed by atoms with Crippen LogP contribution < -0.4 is 0 Å². The molecule has 3 heteroatoms. The van der Waals surface area contributed by atoms with Crippen LogP contribution in [0.5, 0.6) is 0 Å². The summed E-state index contributed by atoms with van der Waals surface area (Å²) < 4.78 is 14.2. The van der Waals surface area contributed by atoms with Gasteiger partial charge in [-0.1, -0.05) is 15.9 Å². The van der Waals surface area contributed by atoms with Gasteiger partial charge in [0.15, 0.2) is 0 Å². The average Bonchev–Trinajstić information content (AvgIpc) is 2.09. The Bertz CT molecular complexity index is 299. The van der Waals surface area contributed by atoms with E-state index in [1.807, 2.05) is 6.92 Å². The molecule has 0 aliphatic heterocycles. The summed E-state index contributed by atoms with van der Waals surface area (Å²) in [5.41, 5.74) is 1.55. The highest BCUT2D eigenvalue weighted by Crippen LogP contribution is 2.21. The smallest absolute Gasteiger partial charge is 0.126 e. The first-order chi connectivity index (χ1) is 6.15. The number of halogens is 2. The maximum atomic E-state index is 13.3. The van der Waals surface area contributed by atoms with Crippen LogP contribution in [0.25, 0.3) is 0 Å². The van der Waals surface area contributed by atoms with Gasteiger partial charge in [0, 0.05) is 11.1 Å². The monoisotopic (exact) mass is 246 g/mol. The average molecular weight is 247 g/mol. The molecular weight excluding hydrogens is 235 g/mol. The molecule has 0 atom stereocenters. The van der Waals surface area contributed by atoms with Gasteiger partial charge in [-0.2, -0.15) is 0 Å². The van der Waals surface area contributed by atoms with Crippen LogP contribution in [0.15, 0.2) is 16.6 Å². The third-order valence-corrected chi connectivity index (χ3v) is 2.79. The van der Waals surface area contributed by atoms with E-state index in [0.29, 0.717) is 18.4 Å². The molecule has 0 aliphatic carbocycles. The van der Waals surface area contributed by atoms with Crippen LogP contribution in [0.2, 0.25) is 0 Å². The zero-order chi connectivity index (χ0) is 9.84. The molecule has 0 heterocycles. The summed E-state index contributed by atoms with van der Waals surface area (Å²) in [6.45, 7) is 1.95. The topological polar surface area (TPSA) is 20.2 Å². The predicted octanol–water partition coefficient (Wildman–Crippen LogP) is 2.82. The van der Waals surface area contributed by atoms with E-state index in [1.54, 1.807) is 6.07 Å². The third-order valence-electron chi connectivity index (χ3n) is 1.93. The lowest BCUT2D eigenvalue weighted by molar-refractivity contribution is 0.288. The van der Waals surface area contributed by atoms with Gasteiger partial charge in [-0.05, 0) is 43.0 Å². The van der Waals surface area contributed by atoms with Crippen molar-refractivity contribution in [2.24, 2.45) is 0 Å². The highest BCUT2D eigenvalue weighted by atomic mass is 79.9. The minimum absolute atomic E-state index is 0.102. The molecule has 0 saturated heterocycles. The van der Waals surface area contributed by atoms with Crippen LogP contribution in [0.3, 0.4) is 0 Å². The molecule has 0 aliphatic rings. The minimum atomic E-state index is -0.186. The van der Waals surface area contributed by atoms with Gasteiger partial charge in [0.1, 0.15) is 5.82 Å². The Morgan fingerprint density at radius 1 is 1.46 bits per heavy atom. The van der Waals surface area contributed by atoms with Crippen molar-refractivity contribution >= 4 is 15.9 Å². The fourth-order valence-electron chi connectivity index (χ4n) is 1.15.